The van der Waals surface area contributed by atoms with Crippen LogP contribution in [0.25, 0.3) is 10.2 Å². The molecule has 0 spiro atoms. The van der Waals surface area contributed by atoms with Gasteiger partial charge in [-0.3, -0.25) is 0 Å². The summed E-state index contributed by atoms with van der Waals surface area (Å²) in [5, 5.41) is 3.53. The number of thiophene rings is 1. The molecule has 0 saturated heterocycles. The number of hydrogen-bond donors (Lipinski definition) is 2. The van der Waals surface area contributed by atoms with Gasteiger partial charge in [0.25, 0.3) is 0 Å². The van der Waals surface area contributed by atoms with Crippen LogP contribution in [0.5, 0.6) is 0 Å². The molecule has 2 aromatic rings. The number of H-pyrrole nitrogens is 1. The lowest BCUT2D eigenvalue weighted by molar-refractivity contribution is 0.610. The fourth-order valence-electron chi connectivity index (χ4n) is 1.91. The van der Waals surface area contributed by atoms with Crippen LogP contribution in [0.4, 0.5) is 0 Å². The van der Waals surface area contributed by atoms with E-state index in [0.717, 1.165) is 12.8 Å². The van der Waals surface area contributed by atoms with E-state index in [4.69, 9.17) is 5.73 Å². The van der Waals surface area contributed by atoms with Crippen LogP contribution in [0.2, 0.25) is 0 Å². The van der Waals surface area contributed by atoms with Gasteiger partial charge in [-0.2, -0.15) is 0 Å². The van der Waals surface area contributed by atoms with Crippen LogP contribution in [-0.4, -0.2) is 10.5 Å². The fraction of sp³-hybridized carbons (Fsp3) is 0.455. The van der Waals surface area contributed by atoms with Crippen molar-refractivity contribution in [1.82, 2.24) is 4.98 Å². The van der Waals surface area contributed by atoms with Crippen molar-refractivity contribution in [2.75, 3.05) is 0 Å². The molecular weight excluding hydrogens is 192 g/mol. The second-order valence-electron chi connectivity index (χ2n) is 4.34. The maximum atomic E-state index is 6.07. The van der Waals surface area contributed by atoms with Gasteiger partial charge < -0.3 is 10.7 Å². The second kappa shape index (κ2) is 2.84. The van der Waals surface area contributed by atoms with Gasteiger partial charge >= 0.3 is 0 Å². The molecule has 0 amide bonds. The Balaban J connectivity index is 1.81. The molecule has 2 heterocycles. The van der Waals surface area contributed by atoms with Crippen LogP contribution in [0, 0.1) is 0 Å². The molecule has 0 atom stereocenters. The molecule has 1 aliphatic rings. The molecule has 2 aromatic heterocycles. The zero-order chi connectivity index (χ0) is 9.60. The van der Waals surface area contributed by atoms with E-state index in [2.05, 4.69) is 22.6 Å². The molecule has 3 heteroatoms. The number of aromatic amines is 1. The van der Waals surface area contributed by atoms with Crippen molar-refractivity contribution >= 4 is 21.6 Å². The summed E-state index contributed by atoms with van der Waals surface area (Å²) >= 11 is 1.77. The second-order valence-corrected chi connectivity index (χ2v) is 5.26. The Morgan fingerprint density at radius 3 is 3.14 bits per heavy atom. The molecule has 1 aliphatic carbocycles. The van der Waals surface area contributed by atoms with Gasteiger partial charge in [-0.05, 0) is 42.7 Å². The van der Waals surface area contributed by atoms with E-state index in [9.17, 15) is 0 Å². The topological polar surface area (TPSA) is 41.8 Å². The third-order valence-corrected chi connectivity index (χ3v) is 4.02. The van der Waals surface area contributed by atoms with Gasteiger partial charge in [0, 0.05) is 17.1 Å². The molecule has 0 aromatic carbocycles. The maximum absolute atomic E-state index is 6.07. The highest BCUT2D eigenvalue weighted by Crippen LogP contribution is 2.37. The van der Waals surface area contributed by atoms with E-state index in [1.165, 1.54) is 28.6 Å². The van der Waals surface area contributed by atoms with Crippen molar-refractivity contribution in [2.24, 2.45) is 5.73 Å². The number of hydrogen-bond acceptors (Lipinski definition) is 2. The molecule has 3 rings (SSSR count). The van der Waals surface area contributed by atoms with E-state index in [-0.39, 0.29) is 5.54 Å². The molecule has 2 nitrogen and oxygen atoms in total. The summed E-state index contributed by atoms with van der Waals surface area (Å²) in [6.07, 6.45) is 6.81. The molecule has 0 bridgehead atoms. The van der Waals surface area contributed by atoms with E-state index in [0.29, 0.717) is 0 Å². The third kappa shape index (κ3) is 1.37. The first-order chi connectivity index (χ1) is 6.77. The van der Waals surface area contributed by atoms with Crippen molar-refractivity contribution in [3.8, 4) is 0 Å². The minimum absolute atomic E-state index is 0.180. The summed E-state index contributed by atoms with van der Waals surface area (Å²) in [5.41, 5.74) is 7.68. The monoisotopic (exact) mass is 206 g/mol. The third-order valence-electron chi connectivity index (χ3n) is 3.17. The largest absolute Gasteiger partial charge is 0.353 e. The number of rotatable bonds is 3. The highest BCUT2D eigenvalue weighted by molar-refractivity contribution is 7.16. The van der Waals surface area contributed by atoms with Crippen molar-refractivity contribution in [1.29, 1.82) is 0 Å². The molecule has 14 heavy (non-hydrogen) atoms. The maximum Gasteiger partial charge on any atom is 0.0999 e. The Kier molecular flexibility index (Phi) is 1.73. The van der Waals surface area contributed by atoms with Crippen LogP contribution >= 0.6 is 11.3 Å². The predicted molar refractivity (Wildman–Crippen MR) is 60.6 cm³/mol. The number of aromatic nitrogens is 1. The lowest BCUT2D eigenvalue weighted by atomic mass is 10.1. The quantitative estimate of drug-likeness (QED) is 0.796. The number of fused-ring (bicyclic) bond motifs is 1. The smallest absolute Gasteiger partial charge is 0.0999 e. The van der Waals surface area contributed by atoms with E-state index in [1.54, 1.807) is 11.3 Å². The Morgan fingerprint density at radius 1 is 1.50 bits per heavy atom. The van der Waals surface area contributed by atoms with Crippen molar-refractivity contribution in [3.05, 3.63) is 23.2 Å². The molecule has 3 N–H and O–H groups in total. The molecule has 0 unspecified atom stereocenters. The van der Waals surface area contributed by atoms with Gasteiger partial charge in [-0.25, -0.2) is 0 Å². The van der Waals surface area contributed by atoms with Crippen LogP contribution in [0.15, 0.2) is 17.6 Å². The Hall–Kier alpha value is -0.800. The molecule has 1 saturated carbocycles. The summed E-state index contributed by atoms with van der Waals surface area (Å²) < 4.78 is 0. The van der Waals surface area contributed by atoms with Crippen LogP contribution in [0.1, 0.15) is 24.8 Å². The minimum atomic E-state index is 0.180. The number of nitrogens with two attached hydrogens (primary N) is 1. The minimum Gasteiger partial charge on any atom is -0.353 e. The SMILES string of the molecule is NC1(CCc2c[nH]c3sccc23)CC1. The summed E-state index contributed by atoms with van der Waals surface area (Å²) in [7, 11) is 0. The molecular formula is C11H14N2S. The van der Waals surface area contributed by atoms with Crippen LogP contribution in [-0.2, 0) is 6.42 Å². The number of aryl methyl sites for hydroxylation is 1. The first-order valence-electron chi connectivity index (χ1n) is 5.09. The van der Waals surface area contributed by atoms with E-state index < -0.39 is 0 Å². The van der Waals surface area contributed by atoms with Crippen molar-refractivity contribution < 1.29 is 0 Å². The zero-order valence-corrected chi connectivity index (χ0v) is 8.86. The van der Waals surface area contributed by atoms with E-state index in [1.807, 2.05) is 0 Å². The van der Waals surface area contributed by atoms with Gasteiger partial charge in [0.1, 0.15) is 0 Å². The lowest BCUT2D eigenvalue weighted by Gasteiger charge is -2.06. The summed E-state index contributed by atoms with van der Waals surface area (Å²) in [5.74, 6) is 0. The van der Waals surface area contributed by atoms with Crippen LogP contribution in [0.3, 0.4) is 0 Å². The number of nitrogens with one attached hydrogen (secondary N) is 1. The summed E-state index contributed by atoms with van der Waals surface area (Å²) in [6, 6.07) is 2.20. The Bertz CT molecular complexity index is 450. The van der Waals surface area contributed by atoms with E-state index >= 15 is 0 Å². The van der Waals surface area contributed by atoms with Gasteiger partial charge in [0.15, 0.2) is 0 Å². The average Bonchev–Trinajstić information content (AvgIpc) is 2.65. The highest BCUT2D eigenvalue weighted by Gasteiger charge is 2.37. The Morgan fingerprint density at radius 2 is 2.36 bits per heavy atom. The normalized spacial score (nSPS) is 18.9. The molecule has 0 radical (unpaired) electrons. The first kappa shape index (κ1) is 8.50. The molecule has 74 valence electrons. The van der Waals surface area contributed by atoms with Crippen LogP contribution < -0.4 is 5.73 Å². The molecule has 0 aliphatic heterocycles. The zero-order valence-electron chi connectivity index (χ0n) is 8.05. The van der Waals surface area contributed by atoms with Crippen molar-refractivity contribution in [3.63, 3.8) is 0 Å². The average molecular weight is 206 g/mol. The summed E-state index contributed by atoms with van der Waals surface area (Å²) in [4.78, 5) is 4.60. The lowest BCUT2D eigenvalue weighted by Crippen LogP contribution is -2.21. The predicted octanol–water partition coefficient (Wildman–Crippen LogP) is 2.65. The van der Waals surface area contributed by atoms with Gasteiger partial charge in [0.2, 0.25) is 0 Å². The molecule has 1 fully saturated rings. The fourth-order valence-corrected chi connectivity index (χ4v) is 2.70. The standard InChI is InChI=1S/C11H14N2S/c12-11(4-5-11)3-1-8-7-13-10-9(8)2-6-14-10/h2,6-7,13H,1,3-5,12H2. The van der Waals surface area contributed by atoms with Crippen molar-refractivity contribution in [2.45, 2.75) is 31.2 Å². The summed E-state index contributed by atoms with van der Waals surface area (Å²) in [6.45, 7) is 0. The highest BCUT2D eigenvalue weighted by atomic mass is 32.1. The van der Waals surface area contributed by atoms with Gasteiger partial charge in [-0.15, -0.1) is 11.3 Å². The Labute approximate surface area is 87.1 Å². The van der Waals surface area contributed by atoms with Gasteiger partial charge in [0.05, 0.1) is 4.83 Å². The van der Waals surface area contributed by atoms with Gasteiger partial charge in [-0.1, -0.05) is 0 Å². The first-order valence-corrected chi connectivity index (χ1v) is 5.97.